The van der Waals surface area contributed by atoms with E-state index in [0.29, 0.717) is 16.7 Å². The fraction of sp³-hybridized carbons (Fsp3) is 0.333. The SMILES string of the molecule is C/C(O)=C(/C(=O)OC(C)(C)C)C1=NC(=NC(=O)c2ccc(C(C)(C)C)cc2)c2ccccc21. The second-order valence-electron chi connectivity index (χ2n) is 10.0. The van der Waals surface area contributed by atoms with Crippen molar-refractivity contribution in [1.82, 2.24) is 0 Å². The molecule has 0 unspecified atom stereocenters. The van der Waals surface area contributed by atoms with Crippen molar-refractivity contribution in [3.63, 3.8) is 0 Å². The highest BCUT2D eigenvalue weighted by molar-refractivity contribution is 6.36. The van der Waals surface area contributed by atoms with Gasteiger partial charge in [0.1, 0.15) is 16.9 Å². The molecule has 1 aliphatic heterocycles. The van der Waals surface area contributed by atoms with Crippen LogP contribution in [0, 0.1) is 0 Å². The first-order chi connectivity index (χ1) is 15.3. The van der Waals surface area contributed by atoms with Crippen LogP contribution in [0.2, 0.25) is 0 Å². The van der Waals surface area contributed by atoms with Gasteiger partial charge in [-0.3, -0.25) is 4.79 Å². The number of amides is 1. The van der Waals surface area contributed by atoms with E-state index in [0.717, 1.165) is 5.56 Å². The predicted molar refractivity (Wildman–Crippen MR) is 130 cm³/mol. The van der Waals surface area contributed by atoms with Crippen molar-refractivity contribution in [1.29, 1.82) is 0 Å². The van der Waals surface area contributed by atoms with Crippen LogP contribution in [0.3, 0.4) is 0 Å². The van der Waals surface area contributed by atoms with Crippen LogP contribution < -0.4 is 0 Å². The number of ether oxygens (including phenoxy) is 1. The Kier molecular flexibility index (Phi) is 6.41. The number of carbonyl (C=O) groups excluding carboxylic acids is 2. The number of nitrogens with zero attached hydrogens (tertiary/aromatic N) is 2. The number of fused-ring (bicyclic) bond motifs is 1. The Hall–Kier alpha value is -3.54. The Labute approximate surface area is 194 Å². The molecule has 0 spiro atoms. The molecule has 2 aromatic rings. The lowest BCUT2D eigenvalue weighted by Gasteiger charge is -2.21. The number of aliphatic hydroxyl groups excluding tert-OH is 1. The molecule has 1 heterocycles. The van der Waals surface area contributed by atoms with Crippen molar-refractivity contribution >= 4 is 23.4 Å². The lowest BCUT2D eigenvalue weighted by molar-refractivity contribution is -0.149. The first kappa shape index (κ1) is 24.1. The van der Waals surface area contributed by atoms with E-state index in [-0.39, 0.29) is 28.3 Å². The van der Waals surface area contributed by atoms with Gasteiger partial charge in [0.2, 0.25) is 0 Å². The summed E-state index contributed by atoms with van der Waals surface area (Å²) < 4.78 is 5.47. The first-order valence-electron chi connectivity index (χ1n) is 10.8. The molecule has 0 fully saturated rings. The Bertz CT molecular complexity index is 1180. The summed E-state index contributed by atoms with van der Waals surface area (Å²) >= 11 is 0. The quantitative estimate of drug-likeness (QED) is 0.380. The van der Waals surface area contributed by atoms with E-state index in [2.05, 4.69) is 30.8 Å². The molecule has 0 bridgehead atoms. The third-order valence-electron chi connectivity index (χ3n) is 5.05. The fourth-order valence-electron chi connectivity index (χ4n) is 3.41. The Morgan fingerprint density at radius 1 is 0.909 bits per heavy atom. The largest absolute Gasteiger partial charge is 0.512 e. The van der Waals surface area contributed by atoms with E-state index >= 15 is 0 Å². The van der Waals surface area contributed by atoms with Gasteiger partial charge in [-0.1, -0.05) is 57.2 Å². The Morgan fingerprint density at radius 3 is 2.00 bits per heavy atom. The highest BCUT2D eigenvalue weighted by Crippen LogP contribution is 2.27. The minimum Gasteiger partial charge on any atom is -0.512 e. The molecule has 172 valence electrons. The van der Waals surface area contributed by atoms with Gasteiger partial charge in [-0.05, 0) is 50.8 Å². The van der Waals surface area contributed by atoms with E-state index < -0.39 is 17.5 Å². The summed E-state index contributed by atoms with van der Waals surface area (Å²) in [7, 11) is 0. The van der Waals surface area contributed by atoms with Crippen molar-refractivity contribution in [2.45, 2.75) is 59.5 Å². The molecule has 6 heteroatoms. The molecule has 3 rings (SSSR count). The fourth-order valence-corrected chi connectivity index (χ4v) is 3.41. The number of esters is 1. The third-order valence-corrected chi connectivity index (χ3v) is 5.05. The number of hydrogen-bond donors (Lipinski definition) is 1. The average Bonchev–Trinajstić information content (AvgIpc) is 3.04. The third kappa shape index (κ3) is 5.45. The molecular formula is C27H30N2O4. The number of amidine groups is 1. The van der Waals surface area contributed by atoms with Crippen LogP contribution in [-0.4, -0.2) is 34.1 Å². The molecule has 1 aliphatic rings. The van der Waals surface area contributed by atoms with Crippen LogP contribution in [0.15, 0.2) is 69.8 Å². The van der Waals surface area contributed by atoms with Crippen LogP contribution in [0.25, 0.3) is 0 Å². The van der Waals surface area contributed by atoms with E-state index in [1.165, 1.54) is 6.92 Å². The van der Waals surface area contributed by atoms with Gasteiger partial charge in [-0.2, -0.15) is 4.99 Å². The topological polar surface area (TPSA) is 88.3 Å². The zero-order valence-corrected chi connectivity index (χ0v) is 20.2. The maximum Gasteiger partial charge on any atom is 0.344 e. The molecular weight excluding hydrogens is 416 g/mol. The maximum absolute atomic E-state index is 12.9. The second-order valence-corrected chi connectivity index (χ2v) is 10.0. The molecule has 0 saturated carbocycles. The number of hydrogen-bond acceptors (Lipinski definition) is 4. The van der Waals surface area contributed by atoms with E-state index in [1.54, 1.807) is 57.2 Å². The van der Waals surface area contributed by atoms with Crippen molar-refractivity contribution < 1.29 is 19.4 Å². The molecule has 0 aliphatic carbocycles. The van der Waals surface area contributed by atoms with Crippen LogP contribution in [0.5, 0.6) is 0 Å². The molecule has 1 amide bonds. The molecule has 0 saturated heterocycles. The molecule has 6 nitrogen and oxygen atoms in total. The van der Waals surface area contributed by atoms with Crippen LogP contribution in [0.1, 0.15) is 75.5 Å². The lowest BCUT2D eigenvalue weighted by Crippen LogP contribution is -2.28. The highest BCUT2D eigenvalue weighted by Gasteiger charge is 2.32. The molecule has 0 atom stereocenters. The van der Waals surface area contributed by atoms with Crippen LogP contribution in [-0.2, 0) is 14.9 Å². The van der Waals surface area contributed by atoms with E-state index in [1.807, 2.05) is 12.1 Å². The lowest BCUT2D eigenvalue weighted by atomic mass is 9.87. The summed E-state index contributed by atoms with van der Waals surface area (Å²) in [6.07, 6.45) is 0. The number of benzene rings is 2. The van der Waals surface area contributed by atoms with Crippen molar-refractivity contribution in [3.8, 4) is 0 Å². The summed E-state index contributed by atoms with van der Waals surface area (Å²) in [5.41, 5.74) is 2.17. The molecule has 0 radical (unpaired) electrons. The van der Waals surface area contributed by atoms with Crippen molar-refractivity contribution in [2.24, 2.45) is 9.98 Å². The highest BCUT2D eigenvalue weighted by atomic mass is 16.6. The molecule has 33 heavy (non-hydrogen) atoms. The number of rotatable bonds is 3. The van der Waals surface area contributed by atoms with Gasteiger partial charge >= 0.3 is 5.97 Å². The average molecular weight is 447 g/mol. The van der Waals surface area contributed by atoms with Crippen molar-refractivity contribution in [3.05, 3.63) is 82.1 Å². The van der Waals surface area contributed by atoms with Gasteiger partial charge in [0.15, 0.2) is 5.84 Å². The zero-order chi connectivity index (χ0) is 24.6. The second kappa shape index (κ2) is 8.77. The van der Waals surface area contributed by atoms with Gasteiger partial charge in [0.25, 0.3) is 5.91 Å². The molecule has 2 aromatic carbocycles. The normalized spacial score (nSPS) is 15.6. The number of allylic oxidation sites excluding steroid dienone is 1. The standard InChI is InChI=1S/C27H30N2O4/c1-16(30)21(25(32)33-27(5,6)7)22-19-10-8-9-11-20(19)23(28-22)29-24(31)17-12-14-18(15-13-17)26(2,3)4/h8-15,30H,1-7H3/b21-16-,29-23?. The predicted octanol–water partition coefficient (Wildman–Crippen LogP) is 5.55. The van der Waals surface area contributed by atoms with Crippen molar-refractivity contribution in [2.75, 3.05) is 0 Å². The first-order valence-corrected chi connectivity index (χ1v) is 10.8. The van der Waals surface area contributed by atoms with E-state index in [4.69, 9.17) is 4.74 Å². The van der Waals surface area contributed by atoms with Crippen LogP contribution >= 0.6 is 0 Å². The monoisotopic (exact) mass is 446 g/mol. The summed E-state index contributed by atoms with van der Waals surface area (Å²) in [6, 6.07) is 14.5. The number of aliphatic hydroxyl groups is 1. The minimum atomic E-state index is -0.747. The van der Waals surface area contributed by atoms with Crippen LogP contribution in [0.4, 0.5) is 0 Å². The van der Waals surface area contributed by atoms with Gasteiger partial charge in [0.05, 0.1) is 5.71 Å². The van der Waals surface area contributed by atoms with Gasteiger partial charge in [0, 0.05) is 16.7 Å². The number of aliphatic imine (C=N–C) groups is 2. The smallest absolute Gasteiger partial charge is 0.344 e. The molecule has 1 N–H and O–H groups in total. The number of carbonyl (C=O) groups is 2. The summed E-state index contributed by atoms with van der Waals surface area (Å²) in [4.78, 5) is 34.4. The van der Waals surface area contributed by atoms with E-state index in [9.17, 15) is 14.7 Å². The summed E-state index contributed by atoms with van der Waals surface area (Å²) in [6.45, 7) is 13.0. The Morgan fingerprint density at radius 2 is 1.48 bits per heavy atom. The van der Waals surface area contributed by atoms with Gasteiger partial charge in [-0.25, -0.2) is 9.79 Å². The van der Waals surface area contributed by atoms with Gasteiger partial charge < -0.3 is 9.84 Å². The zero-order valence-electron chi connectivity index (χ0n) is 20.2. The molecule has 0 aromatic heterocycles. The van der Waals surface area contributed by atoms with Gasteiger partial charge in [-0.15, -0.1) is 0 Å². The summed E-state index contributed by atoms with van der Waals surface area (Å²) in [5, 5.41) is 10.3. The summed E-state index contributed by atoms with van der Waals surface area (Å²) in [5.74, 6) is -1.16. The minimum absolute atomic E-state index is 0.0242. The Balaban J connectivity index is 2.03. The maximum atomic E-state index is 12.9.